The Labute approximate surface area is 69.8 Å². The van der Waals surface area contributed by atoms with Crippen molar-refractivity contribution in [3.63, 3.8) is 0 Å². The van der Waals surface area contributed by atoms with Crippen molar-refractivity contribution in [1.29, 1.82) is 0 Å². The molecule has 6 nitrogen and oxygen atoms in total. The van der Waals surface area contributed by atoms with Gasteiger partial charge in [-0.3, -0.25) is 9.63 Å². The van der Waals surface area contributed by atoms with Crippen LogP contribution in [0.5, 0.6) is 0 Å². The van der Waals surface area contributed by atoms with Crippen LogP contribution >= 0.6 is 0 Å². The van der Waals surface area contributed by atoms with E-state index in [-0.39, 0.29) is 6.61 Å². The van der Waals surface area contributed by atoms with Crippen LogP contribution in [0.4, 0.5) is 0 Å². The number of amides is 1. The van der Waals surface area contributed by atoms with Crippen LogP contribution in [0.2, 0.25) is 0 Å². The molecule has 0 bridgehead atoms. The zero-order chi connectivity index (χ0) is 9.56. The van der Waals surface area contributed by atoms with Gasteiger partial charge in [0.05, 0.1) is 6.61 Å². The van der Waals surface area contributed by atoms with E-state index in [1.807, 2.05) is 0 Å². The summed E-state index contributed by atoms with van der Waals surface area (Å²) in [5.41, 5.74) is 2.31. The summed E-state index contributed by atoms with van der Waals surface area (Å²) in [5, 5.41) is 10.7. The van der Waals surface area contributed by atoms with E-state index in [1.54, 1.807) is 0 Å². The molecule has 0 aliphatic heterocycles. The average Bonchev–Trinajstić information content (AvgIpc) is 1.96. The molecule has 0 aromatic carbocycles. The molecular weight excluding hydrogens is 164 g/mol. The van der Waals surface area contributed by atoms with Gasteiger partial charge in [0.2, 0.25) is 5.91 Å². The zero-order valence-corrected chi connectivity index (χ0v) is 6.96. The summed E-state index contributed by atoms with van der Waals surface area (Å²) in [4.78, 5) is 25.5. The Balaban J connectivity index is 3.87. The first-order chi connectivity index (χ1) is 5.57. The van der Waals surface area contributed by atoms with Crippen LogP contribution < -0.4 is 10.8 Å². The molecule has 0 aromatic heterocycles. The lowest BCUT2D eigenvalue weighted by molar-refractivity contribution is -0.144. The lowest BCUT2D eigenvalue weighted by atomic mass is 10.3. The van der Waals surface area contributed by atoms with Crippen LogP contribution in [0.25, 0.3) is 0 Å². The number of aliphatic carboxylic acids is 1. The van der Waals surface area contributed by atoms with Crippen LogP contribution in [0.1, 0.15) is 6.92 Å². The molecule has 0 heterocycles. The van der Waals surface area contributed by atoms with Gasteiger partial charge in [0.25, 0.3) is 0 Å². The van der Waals surface area contributed by atoms with Crippen molar-refractivity contribution in [2.75, 3.05) is 13.7 Å². The van der Waals surface area contributed by atoms with Crippen molar-refractivity contribution in [1.82, 2.24) is 10.8 Å². The molecule has 0 radical (unpaired) electrons. The van der Waals surface area contributed by atoms with Gasteiger partial charge in [-0.05, 0) is 0 Å². The molecule has 0 spiro atoms. The smallest absolute Gasteiger partial charge is 0.328 e. The van der Waals surface area contributed by atoms with Crippen molar-refractivity contribution in [3.8, 4) is 0 Å². The second kappa shape index (κ2) is 5.50. The number of nitrogens with one attached hydrogen (secondary N) is 2. The van der Waals surface area contributed by atoms with Crippen LogP contribution in [0.3, 0.4) is 0 Å². The van der Waals surface area contributed by atoms with E-state index in [4.69, 9.17) is 5.11 Å². The Kier molecular flexibility index (Phi) is 4.98. The Morgan fingerprint density at radius 2 is 2.17 bits per heavy atom. The molecule has 1 atom stereocenters. The predicted molar refractivity (Wildman–Crippen MR) is 40.3 cm³/mol. The molecule has 3 N–H and O–H groups in total. The number of rotatable bonds is 5. The Morgan fingerprint density at radius 3 is 2.50 bits per heavy atom. The van der Waals surface area contributed by atoms with E-state index in [9.17, 15) is 9.59 Å². The third-order valence-corrected chi connectivity index (χ3v) is 1.07. The zero-order valence-electron chi connectivity index (χ0n) is 6.96. The highest BCUT2D eigenvalue weighted by Gasteiger charge is 2.17. The highest BCUT2D eigenvalue weighted by molar-refractivity contribution is 5.82. The second-order valence-electron chi connectivity index (χ2n) is 2.11. The molecule has 1 amide bonds. The van der Waals surface area contributed by atoms with Crippen molar-refractivity contribution in [2.45, 2.75) is 13.0 Å². The van der Waals surface area contributed by atoms with Crippen molar-refractivity contribution in [2.24, 2.45) is 0 Å². The fraction of sp³-hybridized carbons (Fsp3) is 0.667. The van der Waals surface area contributed by atoms with Gasteiger partial charge in [-0.25, -0.2) is 10.3 Å². The summed E-state index contributed by atoms with van der Waals surface area (Å²) in [6.07, 6.45) is 0. The standard InChI is InChI=1S/C6H12N2O4/c1-4(9)8-5(6(10)11)3-12-7-2/h5,7H,3H2,1-2H3,(H,8,9)(H,10,11)/t5-/m1/s1. The van der Waals surface area contributed by atoms with Crippen LogP contribution in [-0.4, -0.2) is 36.7 Å². The number of hydrogen-bond donors (Lipinski definition) is 3. The van der Waals surface area contributed by atoms with Gasteiger partial charge >= 0.3 is 5.97 Å². The summed E-state index contributed by atoms with van der Waals surface area (Å²) in [5.74, 6) is -1.53. The van der Waals surface area contributed by atoms with E-state index < -0.39 is 17.9 Å². The van der Waals surface area contributed by atoms with Crippen LogP contribution in [0.15, 0.2) is 0 Å². The predicted octanol–water partition coefficient (Wildman–Crippen LogP) is -1.27. The molecular formula is C6H12N2O4. The van der Waals surface area contributed by atoms with Gasteiger partial charge in [0.1, 0.15) is 0 Å². The van der Waals surface area contributed by atoms with E-state index in [0.29, 0.717) is 0 Å². The number of carboxylic acids is 1. The van der Waals surface area contributed by atoms with Gasteiger partial charge in [0, 0.05) is 14.0 Å². The highest BCUT2D eigenvalue weighted by atomic mass is 16.6. The van der Waals surface area contributed by atoms with Crippen LogP contribution in [-0.2, 0) is 14.4 Å². The van der Waals surface area contributed by atoms with Crippen molar-refractivity contribution in [3.05, 3.63) is 0 Å². The van der Waals surface area contributed by atoms with Gasteiger partial charge in [0.15, 0.2) is 6.04 Å². The monoisotopic (exact) mass is 176 g/mol. The average molecular weight is 176 g/mol. The Morgan fingerprint density at radius 1 is 1.58 bits per heavy atom. The Hall–Kier alpha value is -1.14. The first kappa shape index (κ1) is 10.9. The quantitative estimate of drug-likeness (QED) is 0.454. The number of carboxylic acid groups (broad SMARTS) is 1. The van der Waals surface area contributed by atoms with E-state index in [1.165, 1.54) is 14.0 Å². The van der Waals surface area contributed by atoms with E-state index >= 15 is 0 Å². The van der Waals surface area contributed by atoms with Crippen LogP contribution in [0, 0.1) is 0 Å². The second-order valence-corrected chi connectivity index (χ2v) is 2.11. The molecule has 0 aliphatic carbocycles. The number of hydrogen-bond acceptors (Lipinski definition) is 4. The van der Waals surface area contributed by atoms with E-state index in [0.717, 1.165) is 0 Å². The maximum absolute atomic E-state index is 10.5. The van der Waals surface area contributed by atoms with Crippen molar-refractivity contribution < 1.29 is 19.5 Å². The highest BCUT2D eigenvalue weighted by Crippen LogP contribution is 1.84. The topological polar surface area (TPSA) is 87.7 Å². The molecule has 0 rings (SSSR count). The van der Waals surface area contributed by atoms with Gasteiger partial charge in [-0.15, -0.1) is 0 Å². The molecule has 0 aromatic rings. The minimum absolute atomic E-state index is 0.106. The fourth-order valence-corrected chi connectivity index (χ4v) is 0.587. The first-order valence-corrected chi connectivity index (χ1v) is 3.36. The molecule has 12 heavy (non-hydrogen) atoms. The van der Waals surface area contributed by atoms with Crippen molar-refractivity contribution >= 4 is 11.9 Å². The third-order valence-electron chi connectivity index (χ3n) is 1.07. The number of carbonyl (C=O) groups excluding carboxylic acids is 1. The van der Waals surface area contributed by atoms with Gasteiger partial charge in [-0.2, -0.15) is 0 Å². The molecule has 0 saturated heterocycles. The summed E-state index contributed by atoms with van der Waals surface area (Å²) in [6, 6.07) is -1.00. The lowest BCUT2D eigenvalue weighted by Gasteiger charge is -2.11. The van der Waals surface area contributed by atoms with E-state index in [2.05, 4.69) is 15.6 Å². The lowest BCUT2D eigenvalue weighted by Crippen LogP contribution is -2.43. The maximum atomic E-state index is 10.5. The maximum Gasteiger partial charge on any atom is 0.328 e. The first-order valence-electron chi connectivity index (χ1n) is 3.36. The summed E-state index contributed by atoms with van der Waals surface area (Å²) < 4.78 is 0. The summed E-state index contributed by atoms with van der Waals surface area (Å²) >= 11 is 0. The minimum atomic E-state index is -1.12. The molecule has 70 valence electrons. The largest absolute Gasteiger partial charge is 0.480 e. The van der Waals surface area contributed by atoms with Gasteiger partial charge in [-0.1, -0.05) is 0 Å². The summed E-state index contributed by atoms with van der Waals surface area (Å²) in [7, 11) is 1.51. The number of carbonyl (C=O) groups is 2. The SMILES string of the molecule is CNOC[C@@H](NC(C)=O)C(=O)O. The normalized spacial score (nSPS) is 12.2. The fourth-order valence-electron chi connectivity index (χ4n) is 0.587. The van der Waals surface area contributed by atoms with Gasteiger partial charge < -0.3 is 10.4 Å². The summed E-state index contributed by atoms with van der Waals surface area (Å²) in [6.45, 7) is 1.14. The number of hydroxylamine groups is 1. The third kappa shape index (κ3) is 4.64. The molecule has 0 aliphatic rings. The molecule has 0 fully saturated rings. The molecule has 0 unspecified atom stereocenters. The Bertz CT molecular complexity index is 171. The molecule has 0 saturated carbocycles. The molecule has 6 heteroatoms. The minimum Gasteiger partial charge on any atom is -0.480 e.